The molecule has 0 amide bonds. The van der Waals surface area contributed by atoms with Gasteiger partial charge in [-0.2, -0.15) is 0 Å². The zero-order chi connectivity index (χ0) is 13.0. The van der Waals surface area contributed by atoms with Crippen molar-refractivity contribution in [1.82, 2.24) is 5.32 Å². The summed E-state index contributed by atoms with van der Waals surface area (Å²) in [5.41, 5.74) is 0.932. The largest absolute Gasteiger partial charge is 0.468 e. The second-order valence-corrected chi connectivity index (χ2v) is 5.30. The van der Waals surface area contributed by atoms with E-state index in [-0.39, 0.29) is 17.5 Å². The van der Waals surface area contributed by atoms with E-state index < -0.39 is 0 Å². The van der Waals surface area contributed by atoms with Gasteiger partial charge in [0.25, 0.3) is 0 Å². The van der Waals surface area contributed by atoms with Gasteiger partial charge in [-0.25, -0.2) is 4.39 Å². The molecule has 0 aliphatic heterocycles. The van der Waals surface area contributed by atoms with Gasteiger partial charge >= 0.3 is 5.97 Å². The molecule has 2 rings (SSSR count). The van der Waals surface area contributed by atoms with Crippen molar-refractivity contribution in [2.45, 2.75) is 30.3 Å². The Labute approximate surface area is 110 Å². The number of esters is 1. The smallest absolute Gasteiger partial charge is 0.315 e. The number of benzene rings is 1. The van der Waals surface area contributed by atoms with Crippen LogP contribution in [0, 0.1) is 5.82 Å². The Kier molecular flexibility index (Phi) is 4.60. The quantitative estimate of drug-likeness (QED) is 0.635. The molecule has 1 aromatic rings. The highest BCUT2D eigenvalue weighted by atomic mass is 32.2. The fourth-order valence-electron chi connectivity index (χ4n) is 1.52. The van der Waals surface area contributed by atoms with Crippen molar-refractivity contribution in [2.24, 2.45) is 0 Å². The molecule has 1 N–H and O–H groups in total. The van der Waals surface area contributed by atoms with E-state index in [1.54, 1.807) is 6.07 Å². The number of carbonyl (C=O) groups is 1. The molecule has 1 saturated carbocycles. The lowest BCUT2D eigenvalue weighted by Crippen LogP contribution is -2.15. The molecule has 5 heteroatoms. The minimum Gasteiger partial charge on any atom is -0.468 e. The van der Waals surface area contributed by atoms with Gasteiger partial charge < -0.3 is 10.1 Å². The molecular formula is C13H16FNO2S. The lowest BCUT2D eigenvalue weighted by Gasteiger charge is -2.06. The highest BCUT2D eigenvalue weighted by Crippen LogP contribution is 2.24. The molecule has 0 atom stereocenters. The van der Waals surface area contributed by atoms with Gasteiger partial charge in [-0.1, -0.05) is 6.07 Å². The van der Waals surface area contributed by atoms with E-state index in [9.17, 15) is 9.18 Å². The van der Waals surface area contributed by atoms with Crippen molar-refractivity contribution >= 4 is 17.7 Å². The molecule has 3 nitrogen and oxygen atoms in total. The number of rotatable bonds is 6. The summed E-state index contributed by atoms with van der Waals surface area (Å²) in [5.74, 6) is -0.495. The Morgan fingerprint density at radius 1 is 1.56 bits per heavy atom. The first-order valence-corrected chi connectivity index (χ1v) is 6.89. The van der Waals surface area contributed by atoms with Crippen LogP contribution in [0.2, 0.25) is 0 Å². The van der Waals surface area contributed by atoms with Crippen LogP contribution in [0.5, 0.6) is 0 Å². The summed E-state index contributed by atoms with van der Waals surface area (Å²) in [6.07, 6.45) is 2.44. The van der Waals surface area contributed by atoms with E-state index in [2.05, 4.69) is 10.1 Å². The number of halogens is 1. The number of thioether (sulfide) groups is 1. The van der Waals surface area contributed by atoms with Crippen LogP contribution in [0.25, 0.3) is 0 Å². The van der Waals surface area contributed by atoms with Gasteiger partial charge in [-0.15, -0.1) is 11.8 Å². The summed E-state index contributed by atoms with van der Waals surface area (Å²) in [7, 11) is 1.33. The Hall–Kier alpha value is -1.07. The van der Waals surface area contributed by atoms with E-state index in [0.717, 1.165) is 17.3 Å². The molecular weight excluding hydrogens is 253 g/mol. The van der Waals surface area contributed by atoms with Gasteiger partial charge in [0, 0.05) is 17.5 Å². The fourth-order valence-corrected chi connectivity index (χ4v) is 2.27. The number of methoxy groups -OCH3 is 1. The lowest BCUT2D eigenvalue weighted by atomic mass is 10.2. The maximum absolute atomic E-state index is 13.7. The van der Waals surface area contributed by atoms with Crippen molar-refractivity contribution in [3.05, 3.63) is 29.6 Å². The summed E-state index contributed by atoms with van der Waals surface area (Å²) in [4.78, 5) is 11.5. The van der Waals surface area contributed by atoms with Crippen molar-refractivity contribution in [2.75, 3.05) is 12.9 Å². The molecule has 1 aliphatic rings. The number of hydrogen-bond donors (Lipinski definition) is 1. The number of ether oxygens (including phenoxy) is 1. The van der Waals surface area contributed by atoms with Crippen LogP contribution in [-0.4, -0.2) is 24.9 Å². The summed E-state index contributed by atoms with van der Waals surface area (Å²) in [6, 6.07) is 5.74. The second-order valence-electron chi connectivity index (χ2n) is 4.28. The molecule has 0 radical (unpaired) electrons. The first-order chi connectivity index (χ1) is 8.69. The summed E-state index contributed by atoms with van der Waals surface area (Å²) in [6.45, 7) is 0.698. The van der Waals surface area contributed by atoms with Crippen LogP contribution >= 0.6 is 11.8 Å². The summed E-state index contributed by atoms with van der Waals surface area (Å²) < 4.78 is 18.3. The maximum Gasteiger partial charge on any atom is 0.315 e. The van der Waals surface area contributed by atoms with Crippen LogP contribution in [0.3, 0.4) is 0 Å². The Morgan fingerprint density at radius 2 is 2.33 bits per heavy atom. The number of nitrogens with one attached hydrogen (secondary N) is 1. The molecule has 18 heavy (non-hydrogen) atoms. The summed E-state index contributed by atoms with van der Waals surface area (Å²) >= 11 is 1.16. The molecule has 0 saturated heterocycles. The molecule has 0 heterocycles. The molecule has 0 bridgehead atoms. The topological polar surface area (TPSA) is 38.3 Å². The number of hydrogen-bond acceptors (Lipinski definition) is 4. The predicted octanol–water partition coefficient (Wildman–Crippen LogP) is 2.34. The Balaban J connectivity index is 1.89. The van der Waals surface area contributed by atoms with E-state index in [4.69, 9.17) is 0 Å². The van der Waals surface area contributed by atoms with Crippen molar-refractivity contribution in [3.8, 4) is 0 Å². The van der Waals surface area contributed by atoms with Crippen molar-refractivity contribution < 1.29 is 13.9 Å². The molecule has 1 aliphatic carbocycles. The first-order valence-electron chi connectivity index (χ1n) is 5.90. The SMILES string of the molecule is COC(=O)CSc1ccc(CNC2CC2)cc1F. The van der Waals surface area contributed by atoms with Gasteiger partial charge in [-0.05, 0) is 30.5 Å². The maximum atomic E-state index is 13.7. The second kappa shape index (κ2) is 6.20. The normalized spacial score (nSPS) is 14.6. The van der Waals surface area contributed by atoms with Crippen LogP contribution in [0.4, 0.5) is 4.39 Å². The van der Waals surface area contributed by atoms with Crippen LogP contribution < -0.4 is 5.32 Å². The zero-order valence-electron chi connectivity index (χ0n) is 10.2. The van der Waals surface area contributed by atoms with Crippen LogP contribution in [-0.2, 0) is 16.1 Å². The average molecular weight is 269 g/mol. The van der Waals surface area contributed by atoms with Crippen molar-refractivity contribution in [1.29, 1.82) is 0 Å². The van der Waals surface area contributed by atoms with Crippen molar-refractivity contribution in [3.63, 3.8) is 0 Å². The molecule has 98 valence electrons. The van der Waals surface area contributed by atoms with E-state index in [1.165, 1.54) is 26.0 Å². The fraction of sp³-hybridized carbons (Fsp3) is 0.462. The van der Waals surface area contributed by atoms with E-state index in [0.29, 0.717) is 17.5 Å². The van der Waals surface area contributed by atoms with Crippen LogP contribution in [0.15, 0.2) is 23.1 Å². The van der Waals surface area contributed by atoms with Gasteiger partial charge in [0.05, 0.1) is 12.9 Å². The third-order valence-electron chi connectivity index (χ3n) is 2.74. The third-order valence-corrected chi connectivity index (χ3v) is 3.76. The minimum absolute atomic E-state index is 0.132. The minimum atomic E-state index is -0.348. The monoisotopic (exact) mass is 269 g/mol. The highest BCUT2D eigenvalue weighted by Gasteiger charge is 2.20. The third kappa shape index (κ3) is 3.99. The van der Waals surface area contributed by atoms with E-state index in [1.807, 2.05) is 6.07 Å². The molecule has 0 spiro atoms. The lowest BCUT2D eigenvalue weighted by molar-refractivity contribution is -0.137. The van der Waals surface area contributed by atoms with E-state index >= 15 is 0 Å². The molecule has 1 fully saturated rings. The molecule has 0 aromatic heterocycles. The number of carbonyl (C=O) groups excluding carboxylic acids is 1. The van der Waals surface area contributed by atoms with Gasteiger partial charge in [0.2, 0.25) is 0 Å². The van der Waals surface area contributed by atoms with Gasteiger partial charge in [0.15, 0.2) is 0 Å². The average Bonchev–Trinajstić information content (AvgIpc) is 3.18. The molecule has 0 unspecified atom stereocenters. The van der Waals surface area contributed by atoms with Gasteiger partial charge in [-0.3, -0.25) is 4.79 Å². The molecule has 1 aromatic carbocycles. The Morgan fingerprint density at radius 3 is 2.94 bits per heavy atom. The predicted molar refractivity (Wildman–Crippen MR) is 69.0 cm³/mol. The first kappa shape index (κ1) is 13.4. The Bertz CT molecular complexity index is 435. The van der Waals surface area contributed by atoms with Crippen LogP contribution in [0.1, 0.15) is 18.4 Å². The summed E-state index contributed by atoms with van der Waals surface area (Å²) in [5, 5.41) is 3.33. The van der Waals surface area contributed by atoms with Gasteiger partial charge in [0.1, 0.15) is 5.82 Å². The standard InChI is InChI=1S/C13H16FNO2S/c1-17-13(16)8-18-12-5-2-9(6-11(12)14)7-15-10-3-4-10/h2,5-6,10,15H,3-4,7-8H2,1H3. The highest BCUT2D eigenvalue weighted by molar-refractivity contribution is 8.00. The zero-order valence-corrected chi connectivity index (χ0v) is 11.1.